The van der Waals surface area contributed by atoms with Gasteiger partial charge in [-0.15, -0.1) is 0 Å². The monoisotopic (exact) mass is 492 g/mol. The highest BCUT2D eigenvalue weighted by Crippen LogP contribution is 2.35. The first-order valence-electron chi connectivity index (χ1n) is 10.3. The number of thiocarbonyl (C=S) groups is 1. The van der Waals surface area contributed by atoms with Crippen molar-refractivity contribution in [3.63, 3.8) is 0 Å². The maximum Gasteiger partial charge on any atom is 0.269 e. The standard InChI is InChI=1S/C25H20N2O5S2/c1-31-22-13-18(10-11-21(22)32-16-19-8-5-9-20(12-19)27(29)30)14-23-24(28)26(25(33)34-23)15-17-6-3-2-4-7-17/h2-14H,15-16H2,1H3/b23-14+. The number of rotatable bonds is 8. The summed E-state index contributed by atoms with van der Waals surface area (Å²) in [6.07, 6.45) is 1.77. The average molecular weight is 493 g/mol. The fourth-order valence-corrected chi connectivity index (χ4v) is 4.62. The molecule has 172 valence electrons. The Bertz CT molecular complexity index is 1280. The molecule has 3 aromatic rings. The lowest BCUT2D eigenvalue weighted by atomic mass is 10.1. The van der Waals surface area contributed by atoms with Gasteiger partial charge < -0.3 is 9.47 Å². The maximum atomic E-state index is 12.9. The number of amides is 1. The number of carbonyl (C=O) groups is 1. The van der Waals surface area contributed by atoms with E-state index in [0.717, 1.165) is 11.1 Å². The van der Waals surface area contributed by atoms with Crippen molar-refractivity contribution in [2.24, 2.45) is 0 Å². The van der Waals surface area contributed by atoms with Crippen molar-refractivity contribution in [3.05, 3.63) is 105 Å². The second-order valence-electron chi connectivity index (χ2n) is 7.38. The largest absolute Gasteiger partial charge is 0.493 e. The Balaban J connectivity index is 1.48. The van der Waals surface area contributed by atoms with Gasteiger partial charge in [-0.1, -0.05) is 72.5 Å². The first-order chi connectivity index (χ1) is 16.4. The highest BCUT2D eigenvalue weighted by Gasteiger charge is 2.32. The number of thioether (sulfide) groups is 1. The van der Waals surface area contributed by atoms with Gasteiger partial charge >= 0.3 is 0 Å². The summed E-state index contributed by atoms with van der Waals surface area (Å²) in [5, 5.41) is 11.0. The van der Waals surface area contributed by atoms with E-state index in [9.17, 15) is 14.9 Å². The smallest absolute Gasteiger partial charge is 0.269 e. The van der Waals surface area contributed by atoms with Crippen molar-refractivity contribution in [2.45, 2.75) is 13.2 Å². The van der Waals surface area contributed by atoms with E-state index < -0.39 is 4.92 Å². The molecule has 7 nitrogen and oxygen atoms in total. The molecular formula is C25H20N2O5S2. The average Bonchev–Trinajstić information content (AvgIpc) is 3.11. The molecule has 3 aromatic carbocycles. The molecular weight excluding hydrogens is 472 g/mol. The third-order valence-corrected chi connectivity index (χ3v) is 6.44. The Morgan fingerprint density at radius 1 is 1.03 bits per heavy atom. The second kappa shape index (κ2) is 10.5. The molecule has 0 atom stereocenters. The van der Waals surface area contributed by atoms with E-state index >= 15 is 0 Å². The van der Waals surface area contributed by atoms with Gasteiger partial charge in [0.1, 0.15) is 10.9 Å². The van der Waals surface area contributed by atoms with Crippen LogP contribution in [0.15, 0.2) is 77.7 Å². The first kappa shape index (κ1) is 23.5. The normalized spacial score (nSPS) is 14.5. The molecule has 0 aliphatic carbocycles. The molecule has 0 bridgehead atoms. The molecule has 1 aliphatic heterocycles. The summed E-state index contributed by atoms with van der Waals surface area (Å²) in [4.78, 5) is 25.6. The Labute approximate surface area is 206 Å². The predicted molar refractivity (Wildman–Crippen MR) is 136 cm³/mol. The molecule has 1 aliphatic rings. The van der Waals surface area contributed by atoms with Gasteiger partial charge in [0.05, 0.1) is 23.5 Å². The van der Waals surface area contributed by atoms with E-state index in [1.54, 1.807) is 35.2 Å². The maximum absolute atomic E-state index is 12.9. The minimum Gasteiger partial charge on any atom is -0.493 e. The van der Waals surface area contributed by atoms with Crippen LogP contribution in [0.5, 0.6) is 11.5 Å². The van der Waals surface area contributed by atoms with Crippen molar-refractivity contribution in [2.75, 3.05) is 7.11 Å². The second-order valence-corrected chi connectivity index (χ2v) is 9.06. The fourth-order valence-electron chi connectivity index (χ4n) is 3.37. The topological polar surface area (TPSA) is 81.9 Å². The minimum absolute atomic E-state index is 0.00740. The van der Waals surface area contributed by atoms with Crippen LogP contribution < -0.4 is 9.47 Å². The van der Waals surface area contributed by atoms with Crippen molar-refractivity contribution in [1.82, 2.24) is 4.90 Å². The summed E-state index contributed by atoms with van der Waals surface area (Å²) < 4.78 is 11.8. The van der Waals surface area contributed by atoms with Gasteiger partial charge in [-0.3, -0.25) is 19.8 Å². The molecule has 1 saturated heterocycles. The summed E-state index contributed by atoms with van der Waals surface area (Å²) in [6.45, 7) is 0.576. The van der Waals surface area contributed by atoms with Crippen LogP contribution in [0.1, 0.15) is 16.7 Å². The van der Waals surface area contributed by atoms with Crippen molar-refractivity contribution >= 4 is 46.0 Å². The van der Waals surface area contributed by atoms with Crippen LogP contribution >= 0.6 is 24.0 Å². The molecule has 4 rings (SSSR count). The van der Waals surface area contributed by atoms with E-state index in [-0.39, 0.29) is 18.2 Å². The number of methoxy groups -OCH3 is 1. The van der Waals surface area contributed by atoms with Crippen LogP contribution in [0.3, 0.4) is 0 Å². The van der Waals surface area contributed by atoms with E-state index in [1.807, 2.05) is 36.4 Å². The summed E-state index contributed by atoms with van der Waals surface area (Å²) in [7, 11) is 1.53. The summed E-state index contributed by atoms with van der Waals surface area (Å²) in [6, 6.07) is 21.3. The lowest BCUT2D eigenvalue weighted by molar-refractivity contribution is -0.384. The van der Waals surface area contributed by atoms with E-state index in [1.165, 1.54) is 31.0 Å². The molecule has 0 radical (unpaired) electrons. The Kier molecular flexibility index (Phi) is 7.24. The minimum atomic E-state index is -0.443. The molecule has 1 heterocycles. The molecule has 0 N–H and O–H groups in total. The van der Waals surface area contributed by atoms with Crippen LogP contribution in [0, 0.1) is 10.1 Å². The highest BCUT2D eigenvalue weighted by molar-refractivity contribution is 8.26. The molecule has 9 heteroatoms. The van der Waals surface area contributed by atoms with Gasteiger partial charge in [-0.2, -0.15) is 0 Å². The lowest BCUT2D eigenvalue weighted by Gasteiger charge is -2.14. The summed E-state index contributed by atoms with van der Waals surface area (Å²) in [5.41, 5.74) is 2.45. The van der Waals surface area contributed by atoms with Crippen LogP contribution in [-0.2, 0) is 17.9 Å². The summed E-state index contributed by atoms with van der Waals surface area (Å²) >= 11 is 6.69. The quantitative estimate of drug-likeness (QED) is 0.176. The number of non-ortho nitro benzene ring substituents is 1. The third-order valence-electron chi connectivity index (χ3n) is 5.06. The zero-order valence-electron chi connectivity index (χ0n) is 18.2. The molecule has 1 fully saturated rings. The highest BCUT2D eigenvalue weighted by atomic mass is 32.2. The van der Waals surface area contributed by atoms with Crippen LogP contribution in [0.4, 0.5) is 5.69 Å². The zero-order chi connectivity index (χ0) is 24.1. The Hall–Kier alpha value is -3.69. The van der Waals surface area contributed by atoms with E-state index in [0.29, 0.717) is 32.8 Å². The predicted octanol–water partition coefficient (Wildman–Crippen LogP) is 5.58. The van der Waals surface area contributed by atoms with Gasteiger partial charge in [-0.05, 0) is 34.9 Å². The molecule has 1 amide bonds. The Morgan fingerprint density at radius 2 is 1.79 bits per heavy atom. The van der Waals surface area contributed by atoms with E-state index in [4.69, 9.17) is 21.7 Å². The van der Waals surface area contributed by atoms with Crippen LogP contribution in [0.25, 0.3) is 6.08 Å². The van der Waals surface area contributed by atoms with Crippen LogP contribution in [0.2, 0.25) is 0 Å². The molecule has 0 aromatic heterocycles. The number of ether oxygens (including phenoxy) is 2. The lowest BCUT2D eigenvalue weighted by Crippen LogP contribution is -2.27. The number of benzene rings is 3. The Morgan fingerprint density at radius 3 is 2.53 bits per heavy atom. The van der Waals surface area contributed by atoms with Gasteiger partial charge in [0.15, 0.2) is 11.5 Å². The molecule has 0 unspecified atom stereocenters. The van der Waals surface area contributed by atoms with E-state index in [2.05, 4.69) is 0 Å². The van der Waals surface area contributed by atoms with Crippen molar-refractivity contribution in [3.8, 4) is 11.5 Å². The SMILES string of the molecule is COc1cc(/C=C2/SC(=S)N(Cc3ccccc3)C2=O)ccc1OCc1cccc([N+](=O)[O-])c1. The number of hydrogen-bond acceptors (Lipinski definition) is 7. The van der Waals surface area contributed by atoms with Gasteiger partial charge in [0, 0.05) is 12.1 Å². The van der Waals surface area contributed by atoms with Gasteiger partial charge in [0.25, 0.3) is 11.6 Å². The van der Waals surface area contributed by atoms with Gasteiger partial charge in [-0.25, -0.2) is 0 Å². The first-order valence-corrected chi connectivity index (χ1v) is 11.5. The number of nitro benzene ring substituents is 1. The third kappa shape index (κ3) is 5.44. The van der Waals surface area contributed by atoms with Gasteiger partial charge in [0.2, 0.25) is 0 Å². The molecule has 0 saturated carbocycles. The molecule has 0 spiro atoms. The molecule has 34 heavy (non-hydrogen) atoms. The number of hydrogen-bond donors (Lipinski definition) is 0. The number of carbonyl (C=O) groups excluding carboxylic acids is 1. The number of nitrogens with zero attached hydrogens (tertiary/aromatic N) is 2. The zero-order valence-corrected chi connectivity index (χ0v) is 19.8. The van der Waals surface area contributed by atoms with Crippen molar-refractivity contribution < 1.29 is 19.2 Å². The fraction of sp³-hybridized carbons (Fsp3) is 0.120. The summed E-state index contributed by atoms with van der Waals surface area (Å²) in [5.74, 6) is 0.838. The number of nitro groups is 1. The van der Waals surface area contributed by atoms with Crippen LogP contribution in [-0.4, -0.2) is 27.2 Å². The van der Waals surface area contributed by atoms with Crippen molar-refractivity contribution in [1.29, 1.82) is 0 Å².